The summed E-state index contributed by atoms with van der Waals surface area (Å²) in [4.78, 5) is 12.1. The number of nitrogens with one attached hydrogen (secondary N) is 2. The summed E-state index contributed by atoms with van der Waals surface area (Å²) in [7, 11) is 1.70. The molecule has 106 valence electrons. The van der Waals surface area contributed by atoms with E-state index in [0.29, 0.717) is 21.9 Å². The molecular formula is C12H12Cl3N5. The van der Waals surface area contributed by atoms with E-state index in [9.17, 15) is 0 Å². The number of halogens is 3. The number of nitrogens with zero attached hydrogens (tertiary/aromatic N) is 3. The molecule has 0 saturated carbocycles. The molecule has 1 heterocycles. The summed E-state index contributed by atoms with van der Waals surface area (Å²) in [5.41, 5.74) is 0.888. The molecule has 1 atom stereocenters. The van der Waals surface area contributed by atoms with Crippen molar-refractivity contribution in [3.05, 3.63) is 39.1 Å². The van der Waals surface area contributed by atoms with Crippen LogP contribution >= 0.6 is 34.8 Å². The monoisotopic (exact) mass is 331 g/mol. The second kappa shape index (κ2) is 6.43. The summed E-state index contributed by atoms with van der Waals surface area (Å²) < 4.78 is 0. The second-order valence-corrected chi connectivity index (χ2v) is 5.22. The third kappa shape index (κ3) is 3.62. The standard InChI is InChI=1S/C12H12Cl3N5/c1-6(8-4-3-7(13)5-9(8)14)17-12-19-10(15)18-11(16-2)20-12/h3-6H,1-2H3,(H2,16,17,18,19,20). The Morgan fingerprint density at radius 2 is 1.75 bits per heavy atom. The molecule has 0 amide bonds. The SMILES string of the molecule is CNc1nc(Cl)nc(NC(C)c2ccc(Cl)cc2Cl)n1. The van der Waals surface area contributed by atoms with Crippen molar-refractivity contribution >= 4 is 46.7 Å². The zero-order chi connectivity index (χ0) is 14.7. The number of benzene rings is 1. The zero-order valence-electron chi connectivity index (χ0n) is 10.8. The predicted octanol–water partition coefficient (Wildman–Crippen LogP) is 4.05. The molecule has 1 aromatic carbocycles. The van der Waals surface area contributed by atoms with Crippen LogP contribution in [0, 0.1) is 0 Å². The Morgan fingerprint density at radius 1 is 1.05 bits per heavy atom. The third-order valence-electron chi connectivity index (χ3n) is 2.61. The average Bonchev–Trinajstić information content (AvgIpc) is 2.37. The Hall–Kier alpha value is -1.30. The summed E-state index contributed by atoms with van der Waals surface area (Å²) >= 11 is 17.9. The van der Waals surface area contributed by atoms with Gasteiger partial charge in [-0.2, -0.15) is 15.0 Å². The predicted molar refractivity (Wildman–Crippen MR) is 82.9 cm³/mol. The van der Waals surface area contributed by atoms with Gasteiger partial charge in [0, 0.05) is 17.1 Å². The fourth-order valence-corrected chi connectivity index (χ4v) is 2.38. The van der Waals surface area contributed by atoms with Gasteiger partial charge in [0.2, 0.25) is 17.2 Å². The molecule has 2 rings (SSSR count). The average molecular weight is 333 g/mol. The van der Waals surface area contributed by atoms with E-state index in [1.165, 1.54) is 0 Å². The summed E-state index contributed by atoms with van der Waals surface area (Å²) in [6.45, 7) is 1.94. The normalized spacial score (nSPS) is 12.1. The first kappa shape index (κ1) is 15.1. The molecule has 0 radical (unpaired) electrons. The number of anilines is 2. The van der Waals surface area contributed by atoms with Crippen molar-refractivity contribution in [3.63, 3.8) is 0 Å². The van der Waals surface area contributed by atoms with E-state index in [4.69, 9.17) is 34.8 Å². The van der Waals surface area contributed by atoms with E-state index in [1.807, 2.05) is 13.0 Å². The zero-order valence-corrected chi connectivity index (χ0v) is 13.1. The molecule has 1 aromatic heterocycles. The Balaban J connectivity index is 2.22. The van der Waals surface area contributed by atoms with Crippen LogP contribution in [0.5, 0.6) is 0 Å². The van der Waals surface area contributed by atoms with Crippen LogP contribution in [0.25, 0.3) is 0 Å². The van der Waals surface area contributed by atoms with Gasteiger partial charge in [0.15, 0.2) is 0 Å². The Morgan fingerprint density at radius 3 is 2.40 bits per heavy atom. The van der Waals surface area contributed by atoms with Crippen LogP contribution in [-0.2, 0) is 0 Å². The molecular weight excluding hydrogens is 321 g/mol. The quantitative estimate of drug-likeness (QED) is 0.884. The Bertz CT molecular complexity index is 620. The minimum atomic E-state index is -0.108. The minimum absolute atomic E-state index is 0.108. The number of hydrogen-bond acceptors (Lipinski definition) is 5. The van der Waals surface area contributed by atoms with Crippen LogP contribution < -0.4 is 10.6 Å². The van der Waals surface area contributed by atoms with Crippen LogP contribution in [-0.4, -0.2) is 22.0 Å². The maximum atomic E-state index is 6.16. The van der Waals surface area contributed by atoms with E-state index in [2.05, 4.69) is 25.6 Å². The molecule has 0 fully saturated rings. The topological polar surface area (TPSA) is 62.7 Å². The number of rotatable bonds is 4. The second-order valence-electron chi connectivity index (χ2n) is 4.03. The highest BCUT2D eigenvalue weighted by Gasteiger charge is 2.12. The van der Waals surface area contributed by atoms with Gasteiger partial charge in [-0.15, -0.1) is 0 Å². The lowest BCUT2D eigenvalue weighted by Crippen LogP contribution is -2.11. The molecule has 0 saturated heterocycles. The lowest BCUT2D eigenvalue weighted by Gasteiger charge is -2.16. The maximum Gasteiger partial charge on any atom is 0.229 e. The van der Waals surface area contributed by atoms with Crippen LogP contribution in [0.15, 0.2) is 18.2 Å². The molecule has 0 aliphatic heterocycles. The van der Waals surface area contributed by atoms with Gasteiger partial charge in [0.1, 0.15) is 0 Å². The molecule has 20 heavy (non-hydrogen) atoms. The highest BCUT2D eigenvalue weighted by atomic mass is 35.5. The molecule has 0 spiro atoms. The van der Waals surface area contributed by atoms with Crippen molar-refractivity contribution in [1.29, 1.82) is 0 Å². The van der Waals surface area contributed by atoms with Gasteiger partial charge in [-0.05, 0) is 36.2 Å². The molecule has 2 N–H and O–H groups in total. The lowest BCUT2D eigenvalue weighted by atomic mass is 10.1. The first-order valence-corrected chi connectivity index (χ1v) is 6.94. The van der Waals surface area contributed by atoms with Crippen molar-refractivity contribution in [2.75, 3.05) is 17.7 Å². The molecule has 8 heteroatoms. The summed E-state index contributed by atoms with van der Waals surface area (Å²) in [5, 5.41) is 7.21. The molecule has 2 aromatic rings. The largest absolute Gasteiger partial charge is 0.357 e. The van der Waals surface area contributed by atoms with E-state index >= 15 is 0 Å². The van der Waals surface area contributed by atoms with Crippen LogP contribution in [0.4, 0.5) is 11.9 Å². The van der Waals surface area contributed by atoms with Gasteiger partial charge in [0.05, 0.1) is 6.04 Å². The molecule has 0 aliphatic carbocycles. The highest BCUT2D eigenvalue weighted by Crippen LogP contribution is 2.28. The van der Waals surface area contributed by atoms with Crippen LogP contribution in [0.3, 0.4) is 0 Å². The summed E-state index contributed by atoms with van der Waals surface area (Å²) in [5.74, 6) is 0.759. The van der Waals surface area contributed by atoms with Crippen LogP contribution in [0.1, 0.15) is 18.5 Å². The van der Waals surface area contributed by atoms with Gasteiger partial charge >= 0.3 is 0 Å². The van der Waals surface area contributed by atoms with Crippen molar-refractivity contribution in [2.24, 2.45) is 0 Å². The van der Waals surface area contributed by atoms with Gasteiger partial charge in [0.25, 0.3) is 0 Å². The Kier molecular flexibility index (Phi) is 4.86. The first-order chi connectivity index (χ1) is 9.49. The fraction of sp³-hybridized carbons (Fsp3) is 0.250. The van der Waals surface area contributed by atoms with Crippen molar-refractivity contribution in [2.45, 2.75) is 13.0 Å². The smallest absolute Gasteiger partial charge is 0.229 e. The van der Waals surface area contributed by atoms with Crippen molar-refractivity contribution in [3.8, 4) is 0 Å². The van der Waals surface area contributed by atoms with E-state index < -0.39 is 0 Å². The minimum Gasteiger partial charge on any atom is -0.357 e. The summed E-state index contributed by atoms with van der Waals surface area (Å²) in [6.07, 6.45) is 0. The first-order valence-electron chi connectivity index (χ1n) is 5.80. The Labute approximate surface area is 131 Å². The number of aromatic nitrogens is 3. The van der Waals surface area contributed by atoms with Crippen molar-refractivity contribution < 1.29 is 0 Å². The molecule has 1 unspecified atom stereocenters. The van der Waals surface area contributed by atoms with Crippen LogP contribution in [0.2, 0.25) is 15.3 Å². The van der Waals surface area contributed by atoms with E-state index in [-0.39, 0.29) is 11.3 Å². The third-order valence-corrected chi connectivity index (χ3v) is 3.34. The van der Waals surface area contributed by atoms with E-state index in [1.54, 1.807) is 19.2 Å². The molecule has 0 aliphatic rings. The number of hydrogen-bond donors (Lipinski definition) is 2. The maximum absolute atomic E-state index is 6.16. The summed E-state index contributed by atoms with van der Waals surface area (Å²) in [6, 6.07) is 5.21. The lowest BCUT2D eigenvalue weighted by molar-refractivity contribution is 0.855. The van der Waals surface area contributed by atoms with E-state index in [0.717, 1.165) is 5.56 Å². The van der Waals surface area contributed by atoms with Crippen molar-refractivity contribution in [1.82, 2.24) is 15.0 Å². The molecule has 5 nitrogen and oxygen atoms in total. The van der Waals surface area contributed by atoms with Gasteiger partial charge < -0.3 is 10.6 Å². The molecule has 0 bridgehead atoms. The highest BCUT2D eigenvalue weighted by molar-refractivity contribution is 6.35. The fourth-order valence-electron chi connectivity index (χ4n) is 1.65. The van der Waals surface area contributed by atoms with Gasteiger partial charge in [-0.1, -0.05) is 29.3 Å². The van der Waals surface area contributed by atoms with Gasteiger partial charge in [-0.25, -0.2) is 0 Å². The van der Waals surface area contributed by atoms with Gasteiger partial charge in [-0.3, -0.25) is 0 Å².